The Morgan fingerprint density at radius 2 is 1.84 bits per heavy atom. The number of rotatable bonds is 8. The summed E-state index contributed by atoms with van der Waals surface area (Å²) in [5.74, 6) is -1.75. The molecule has 0 aromatic heterocycles. The van der Waals surface area contributed by atoms with E-state index in [-0.39, 0.29) is 36.1 Å². The fourth-order valence-electron chi connectivity index (χ4n) is 4.10. The Hall–Kier alpha value is -3.80. The molecule has 0 aliphatic carbocycles. The maximum Gasteiger partial charge on any atom is 0.434 e. The van der Waals surface area contributed by atoms with E-state index in [9.17, 15) is 27.2 Å². The van der Waals surface area contributed by atoms with Crippen LogP contribution in [0.4, 0.5) is 17.6 Å². The minimum atomic E-state index is -4.95. The maximum atomic E-state index is 14.2. The van der Waals surface area contributed by atoms with Gasteiger partial charge in [-0.3, -0.25) is 4.79 Å². The second kappa shape index (κ2) is 11.3. The molecule has 0 radical (unpaired) electrons. The lowest BCUT2D eigenvalue weighted by atomic mass is 9.92. The number of methoxy groups -OCH3 is 1. The molecule has 2 aliphatic rings. The smallest absolute Gasteiger partial charge is 0.434 e. The summed E-state index contributed by atoms with van der Waals surface area (Å²) < 4.78 is 66.1. The molecule has 2 heterocycles. The number of carbonyl (C=O) groups is 2. The first-order chi connectivity index (χ1) is 18.1. The molecule has 2 aromatic carbocycles. The normalized spacial score (nSPS) is 17.0. The van der Waals surface area contributed by atoms with Gasteiger partial charge >= 0.3 is 12.1 Å². The van der Waals surface area contributed by atoms with Gasteiger partial charge in [0.1, 0.15) is 11.6 Å². The molecule has 2 aliphatic heterocycles. The third kappa shape index (κ3) is 5.69. The van der Waals surface area contributed by atoms with Gasteiger partial charge in [0.25, 0.3) is 0 Å². The van der Waals surface area contributed by atoms with Gasteiger partial charge in [0.2, 0.25) is 5.91 Å². The van der Waals surface area contributed by atoms with Crippen molar-refractivity contribution < 1.29 is 36.6 Å². The van der Waals surface area contributed by atoms with E-state index in [1.165, 1.54) is 48.6 Å². The van der Waals surface area contributed by atoms with Gasteiger partial charge in [-0.25, -0.2) is 14.2 Å². The number of hydrogen-bond acceptors (Lipinski definition) is 7. The van der Waals surface area contributed by atoms with Gasteiger partial charge in [-0.2, -0.15) is 13.2 Å². The SMILES string of the molecule is CCOC(=O)C1=C(C(F)(F)F)N=C2SC=C(CC(=O)NCc3ccc(F)cc3)N2C1c1ccccc1OC. The predicted molar refractivity (Wildman–Crippen MR) is 133 cm³/mol. The van der Waals surface area contributed by atoms with Gasteiger partial charge in [-0.05, 0) is 36.1 Å². The fraction of sp³-hybridized carbons (Fsp3) is 0.269. The third-order valence-electron chi connectivity index (χ3n) is 5.75. The Balaban J connectivity index is 1.71. The summed E-state index contributed by atoms with van der Waals surface area (Å²) in [6.45, 7) is 1.47. The molecule has 12 heteroatoms. The number of thioether (sulfide) groups is 1. The average molecular weight is 550 g/mol. The maximum absolute atomic E-state index is 14.2. The number of para-hydroxylation sites is 1. The number of aliphatic imine (C=N–C) groups is 1. The number of nitrogens with zero attached hydrogens (tertiary/aromatic N) is 2. The molecular formula is C26H23F4N3O4S. The monoisotopic (exact) mass is 549 g/mol. The molecule has 1 amide bonds. The van der Waals surface area contributed by atoms with Crippen molar-refractivity contribution >= 4 is 28.8 Å². The summed E-state index contributed by atoms with van der Waals surface area (Å²) in [5.41, 5.74) is -0.783. The van der Waals surface area contributed by atoms with Crippen LogP contribution in [0.1, 0.15) is 30.5 Å². The van der Waals surface area contributed by atoms with Crippen molar-refractivity contribution in [2.75, 3.05) is 13.7 Å². The van der Waals surface area contributed by atoms with E-state index in [4.69, 9.17) is 9.47 Å². The highest BCUT2D eigenvalue weighted by Crippen LogP contribution is 2.49. The van der Waals surface area contributed by atoms with Gasteiger partial charge in [0, 0.05) is 17.8 Å². The topological polar surface area (TPSA) is 80.2 Å². The second-order valence-electron chi connectivity index (χ2n) is 8.20. The van der Waals surface area contributed by atoms with E-state index >= 15 is 0 Å². The van der Waals surface area contributed by atoms with E-state index in [0.29, 0.717) is 11.3 Å². The highest BCUT2D eigenvalue weighted by Gasteiger charge is 2.49. The summed E-state index contributed by atoms with van der Waals surface area (Å²) in [7, 11) is 1.37. The molecule has 2 aromatic rings. The number of amides is 1. The molecule has 200 valence electrons. The van der Waals surface area contributed by atoms with Crippen molar-refractivity contribution in [2.24, 2.45) is 4.99 Å². The zero-order valence-electron chi connectivity index (χ0n) is 20.3. The van der Waals surface area contributed by atoms with E-state index in [2.05, 4.69) is 10.3 Å². The number of nitrogens with one attached hydrogen (secondary N) is 1. The highest BCUT2D eigenvalue weighted by molar-refractivity contribution is 8.16. The van der Waals surface area contributed by atoms with Crippen molar-refractivity contribution in [1.29, 1.82) is 0 Å². The lowest BCUT2D eigenvalue weighted by molar-refractivity contribution is -0.140. The molecule has 1 atom stereocenters. The van der Waals surface area contributed by atoms with Gasteiger partial charge in [0.05, 0.1) is 31.8 Å². The standard InChI is InChI=1S/C26H23F4N3O4S/c1-3-37-24(35)21-22(18-6-4-5-7-19(18)36-2)33-17(14-38-25(33)32-23(21)26(28,29)30)12-20(34)31-13-15-8-10-16(27)11-9-15/h4-11,14,22H,3,12-13H2,1-2H3,(H,31,34). The summed E-state index contributed by atoms with van der Waals surface area (Å²) in [5, 5.41) is 4.21. The van der Waals surface area contributed by atoms with Crippen molar-refractivity contribution in [3.63, 3.8) is 0 Å². The summed E-state index contributed by atoms with van der Waals surface area (Å²) in [6, 6.07) is 10.7. The van der Waals surface area contributed by atoms with E-state index in [1.807, 2.05) is 0 Å². The molecule has 1 unspecified atom stereocenters. The number of carbonyl (C=O) groups excluding carboxylic acids is 2. The molecule has 1 N–H and O–H groups in total. The largest absolute Gasteiger partial charge is 0.496 e. The number of fused-ring (bicyclic) bond motifs is 1. The first-order valence-electron chi connectivity index (χ1n) is 11.5. The zero-order valence-corrected chi connectivity index (χ0v) is 21.2. The van der Waals surface area contributed by atoms with Gasteiger partial charge in [0.15, 0.2) is 10.9 Å². The first kappa shape index (κ1) is 27.2. The van der Waals surface area contributed by atoms with Crippen LogP contribution in [0.15, 0.2) is 75.9 Å². The van der Waals surface area contributed by atoms with Crippen molar-refractivity contribution in [2.45, 2.75) is 32.1 Å². The number of esters is 1. The minimum Gasteiger partial charge on any atom is -0.496 e. The second-order valence-corrected chi connectivity index (χ2v) is 9.03. The average Bonchev–Trinajstić information content (AvgIpc) is 3.29. The number of alkyl halides is 3. The minimum absolute atomic E-state index is 0.0392. The van der Waals surface area contributed by atoms with E-state index in [1.54, 1.807) is 24.3 Å². The van der Waals surface area contributed by atoms with Gasteiger partial charge < -0.3 is 19.7 Å². The van der Waals surface area contributed by atoms with Crippen molar-refractivity contribution in [3.8, 4) is 5.75 Å². The quantitative estimate of drug-likeness (QED) is 0.359. The number of benzene rings is 2. The Kier molecular flexibility index (Phi) is 8.10. The summed E-state index contributed by atoms with van der Waals surface area (Å²) in [6.07, 6.45) is -5.16. The number of hydrogen-bond donors (Lipinski definition) is 1. The number of ether oxygens (including phenoxy) is 2. The van der Waals surface area contributed by atoms with Gasteiger partial charge in [-0.15, -0.1) is 0 Å². The number of halogens is 4. The van der Waals surface area contributed by atoms with Crippen LogP contribution in [-0.2, 0) is 20.9 Å². The Bertz CT molecular complexity index is 1320. The predicted octanol–water partition coefficient (Wildman–Crippen LogP) is 5.22. The summed E-state index contributed by atoms with van der Waals surface area (Å²) in [4.78, 5) is 31.0. The molecule has 38 heavy (non-hydrogen) atoms. The van der Waals surface area contributed by atoms with E-state index < -0.39 is 41.2 Å². The van der Waals surface area contributed by atoms with Crippen LogP contribution in [0.3, 0.4) is 0 Å². The van der Waals surface area contributed by atoms with Crippen LogP contribution in [0.5, 0.6) is 5.75 Å². The molecule has 0 bridgehead atoms. The first-order valence-corrected chi connectivity index (χ1v) is 12.4. The van der Waals surface area contributed by atoms with Crippen LogP contribution in [-0.4, -0.2) is 41.8 Å². The Labute approximate surface area is 220 Å². The molecule has 0 spiro atoms. The molecule has 0 fully saturated rings. The van der Waals surface area contributed by atoms with E-state index in [0.717, 1.165) is 11.8 Å². The Morgan fingerprint density at radius 1 is 1.13 bits per heavy atom. The van der Waals surface area contributed by atoms with Crippen molar-refractivity contribution in [3.05, 3.63) is 87.9 Å². The highest BCUT2D eigenvalue weighted by atomic mass is 32.2. The number of amidine groups is 1. The lowest BCUT2D eigenvalue weighted by Gasteiger charge is -2.37. The van der Waals surface area contributed by atoms with Crippen LogP contribution in [0.25, 0.3) is 0 Å². The van der Waals surface area contributed by atoms with Crippen LogP contribution < -0.4 is 10.1 Å². The zero-order chi connectivity index (χ0) is 27.4. The lowest BCUT2D eigenvalue weighted by Crippen LogP contribution is -2.40. The summed E-state index contributed by atoms with van der Waals surface area (Å²) >= 11 is 0.916. The van der Waals surface area contributed by atoms with Crippen molar-refractivity contribution in [1.82, 2.24) is 10.2 Å². The molecule has 0 saturated carbocycles. The van der Waals surface area contributed by atoms with Crippen LogP contribution in [0.2, 0.25) is 0 Å². The Morgan fingerprint density at radius 3 is 2.50 bits per heavy atom. The van der Waals surface area contributed by atoms with Crippen LogP contribution >= 0.6 is 11.8 Å². The third-order valence-corrected chi connectivity index (χ3v) is 6.64. The molecule has 7 nitrogen and oxygen atoms in total. The molecular weight excluding hydrogens is 526 g/mol. The fourth-order valence-corrected chi connectivity index (χ4v) is 5.02. The molecule has 0 saturated heterocycles. The molecule has 4 rings (SSSR count). The van der Waals surface area contributed by atoms with Gasteiger partial charge in [-0.1, -0.05) is 42.1 Å². The van der Waals surface area contributed by atoms with Crippen LogP contribution in [0, 0.1) is 5.82 Å². The number of allylic oxidation sites excluding steroid dienone is 1.